The van der Waals surface area contributed by atoms with Gasteiger partial charge in [0.15, 0.2) is 0 Å². The highest BCUT2D eigenvalue weighted by Gasteiger charge is 2.39. The van der Waals surface area contributed by atoms with E-state index in [2.05, 4.69) is 5.32 Å². The highest BCUT2D eigenvalue weighted by Crippen LogP contribution is 2.37. The number of nitrogens with one attached hydrogen (secondary N) is 1. The molecule has 1 saturated carbocycles. The van der Waals surface area contributed by atoms with Crippen molar-refractivity contribution < 1.29 is 13.2 Å². The highest BCUT2D eigenvalue weighted by atomic mass is 32.2. The molecule has 0 saturated heterocycles. The fourth-order valence-corrected chi connectivity index (χ4v) is 2.97. The molecule has 6 heteroatoms. The second-order valence-corrected chi connectivity index (χ2v) is 7.19. The molecule has 0 aromatic carbocycles. The van der Waals surface area contributed by atoms with Crippen LogP contribution in [0.1, 0.15) is 32.1 Å². The van der Waals surface area contributed by atoms with E-state index in [-0.39, 0.29) is 11.7 Å². The first-order valence-electron chi connectivity index (χ1n) is 6.06. The zero-order valence-electron chi connectivity index (χ0n) is 10.4. The van der Waals surface area contributed by atoms with Crippen molar-refractivity contribution >= 4 is 15.7 Å². The Morgan fingerprint density at radius 3 is 2.41 bits per heavy atom. The molecule has 100 valence electrons. The van der Waals surface area contributed by atoms with Crippen LogP contribution in [-0.4, -0.2) is 39.4 Å². The van der Waals surface area contributed by atoms with Crippen LogP contribution >= 0.6 is 0 Å². The summed E-state index contributed by atoms with van der Waals surface area (Å²) in [5, 5.41) is 2.81. The van der Waals surface area contributed by atoms with Crippen LogP contribution in [0.2, 0.25) is 0 Å². The average Bonchev–Trinajstić information content (AvgIpc) is 2.72. The predicted molar refractivity (Wildman–Crippen MR) is 67.3 cm³/mol. The minimum Gasteiger partial charge on any atom is -0.356 e. The molecule has 1 rings (SSSR count). The van der Waals surface area contributed by atoms with Gasteiger partial charge in [0.05, 0.1) is 11.2 Å². The first kappa shape index (κ1) is 14.4. The van der Waals surface area contributed by atoms with Crippen LogP contribution in [0.25, 0.3) is 0 Å². The lowest BCUT2D eigenvalue weighted by atomic mass is 9.85. The molecule has 1 amide bonds. The molecule has 3 N–H and O–H groups in total. The van der Waals surface area contributed by atoms with Crippen molar-refractivity contribution in [3.63, 3.8) is 0 Å². The Kier molecular flexibility index (Phi) is 4.94. The van der Waals surface area contributed by atoms with Gasteiger partial charge < -0.3 is 11.1 Å². The van der Waals surface area contributed by atoms with E-state index in [4.69, 9.17) is 5.73 Å². The summed E-state index contributed by atoms with van der Waals surface area (Å²) in [4.78, 5) is 12.0. The third kappa shape index (κ3) is 4.27. The summed E-state index contributed by atoms with van der Waals surface area (Å²) in [6.45, 7) is 0.790. The number of sulfone groups is 1. The molecule has 0 aromatic heterocycles. The van der Waals surface area contributed by atoms with Gasteiger partial charge in [-0.15, -0.1) is 0 Å². The number of carbonyl (C=O) groups is 1. The van der Waals surface area contributed by atoms with Crippen LogP contribution in [0, 0.1) is 5.41 Å². The molecule has 1 aliphatic rings. The fraction of sp³-hybridized carbons (Fsp3) is 0.909. The minimum absolute atomic E-state index is 0.00833. The van der Waals surface area contributed by atoms with Gasteiger partial charge in [0.1, 0.15) is 9.84 Å². The van der Waals surface area contributed by atoms with E-state index in [1.807, 2.05) is 0 Å². The molecule has 0 aliphatic heterocycles. The van der Waals surface area contributed by atoms with Gasteiger partial charge in [-0.3, -0.25) is 4.79 Å². The lowest BCUT2D eigenvalue weighted by molar-refractivity contribution is -0.130. The molecule has 0 unspecified atom stereocenters. The summed E-state index contributed by atoms with van der Waals surface area (Å²) in [7, 11) is -2.94. The molecular formula is C11H22N2O3S. The van der Waals surface area contributed by atoms with E-state index in [0.29, 0.717) is 19.5 Å². The van der Waals surface area contributed by atoms with Crippen molar-refractivity contribution in [3.05, 3.63) is 0 Å². The Bertz CT molecular complexity index is 359. The largest absolute Gasteiger partial charge is 0.356 e. The lowest BCUT2D eigenvalue weighted by Gasteiger charge is -2.25. The third-order valence-electron chi connectivity index (χ3n) is 3.41. The Labute approximate surface area is 103 Å². The maximum atomic E-state index is 12.0. The van der Waals surface area contributed by atoms with E-state index in [0.717, 1.165) is 25.7 Å². The monoisotopic (exact) mass is 262 g/mol. The van der Waals surface area contributed by atoms with Gasteiger partial charge >= 0.3 is 0 Å². The first-order chi connectivity index (χ1) is 7.90. The smallest absolute Gasteiger partial charge is 0.227 e. The number of carbonyl (C=O) groups excluding carboxylic acids is 1. The SMILES string of the molecule is CS(=O)(=O)CCCNC(=O)C1(CN)CCCC1. The molecule has 0 aromatic rings. The molecule has 5 nitrogen and oxygen atoms in total. The molecule has 0 bridgehead atoms. The van der Waals surface area contributed by atoms with Crippen LogP contribution in [0.4, 0.5) is 0 Å². The van der Waals surface area contributed by atoms with Crippen molar-refractivity contribution in [2.75, 3.05) is 25.1 Å². The summed E-state index contributed by atoms with van der Waals surface area (Å²) < 4.78 is 21.8. The van der Waals surface area contributed by atoms with Crippen molar-refractivity contribution in [2.45, 2.75) is 32.1 Å². The number of hydrogen-bond donors (Lipinski definition) is 2. The van der Waals surface area contributed by atoms with Gasteiger partial charge in [0.2, 0.25) is 5.91 Å². The summed E-state index contributed by atoms with van der Waals surface area (Å²) >= 11 is 0. The van der Waals surface area contributed by atoms with Gasteiger partial charge in [-0.05, 0) is 19.3 Å². The predicted octanol–water partition coefficient (Wildman–Crippen LogP) is 0.0564. The second kappa shape index (κ2) is 5.82. The van der Waals surface area contributed by atoms with Crippen LogP contribution in [0.15, 0.2) is 0 Å². The lowest BCUT2D eigenvalue weighted by Crippen LogP contribution is -2.44. The molecule has 0 heterocycles. The maximum Gasteiger partial charge on any atom is 0.227 e. The molecule has 0 atom stereocenters. The Morgan fingerprint density at radius 1 is 1.35 bits per heavy atom. The van der Waals surface area contributed by atoms with Gasteiger partial charge in [0.25, 0.3) is 0 Å². The molecule has 0 spiro atoms. The summed E-state index contributed by atoms with van der Waals surface area (Å²) in [6.07, 6.45) is 5.46. The van der Waals surface area contributed by atoms with Crippen molar-refractivity contribution in [2.24, 2.45) is 11.1 Å². The second-order valence-electron chi connectivity index (χ2n) is 4.93. The fourth-order valence-electron chi connectivity index (χ4n) is 2.30. The van der Waals surface area contributed by atoms with Gasteiger partial charge in [0, 0.05) is 19.3 Å². The van der Waals surface area contributed by atoms with E-state index in [1.165, 1.54) is 6.26 Å². The quantitative estimate of drug-likeness (QED) is 0.662. The standard InChI is InChI=1S/C11H22N2O3S/c1-17(15,16)8-4-7-13-10(14)11(9-12)5-2-3-6-11/h2-9,12H2,1H3,(H,13,14). The van der Waals surface area contributed by atoms with Crippen LogP contribution in [-0.2, 0) is 14.6 Å². The van der Waals surface area contributed by atoms with E-state index < -0.39 is 15.3 Å². The van der Waals surface area contributed by atoms with Crippen LogP contribution < -0.4 is 11.1 Å². The summed E-state index contributed by atoms with van der Waals surface area (Å²) in [5.41, 5.74) is 5.29. The van der Waals surface area contributed by atoms with E-state index in [1.54, 1.807) is 0 Å². The van der Waals surface area contributed by atoms with E-state index >= 15 is 0 Å². The normalized spacial score (nSPS) is 19.2. The van der Waals surface area contributed by atoms with Gasteiger partial charge in [-0.2, -0.15) is 0 Å². The Balaban J connectivity index is 2.34. The first-order valence-corrected chi connectivity index (χ1v) is 8.12. The molecule has 0 radical (unpaired) electrons. The van der Waals surface area contributed by atoms with Gasteiger partial charge in [-0.1, -0.05) is 12.8 Å². The summed E-state index contributed by atoms with van der Waals surface area (Å²) in [6, 6.07) is 0. The Hall–Kier alpha value is -0.620. The van der Waals surface area contributed by atoms with Gasteiger partial charge in [-0.25, -0.2) is 8.42 Å². The van der Waals surface area contributed by atoms with E-state index in [9.17, 15) is 13.2 Å². The third-order valence-corrected chi connectivity index (χ3v) is 4.44. The molecule has 1 fully saturated rings. The van der Waals surface area contributed by atoms with Crippen molar-refractivity contribution in [1.29, 1.82) is 0 Å². The van der Waals surface area contributed by atoms with Crippen molar-refractivity contribution in [3.8, 4) is 0 Å². The number of rotatable bonds is 6. The number of amides is 1. The molecule has 17 heavy (non-hydrogen) atoms. The molecular weight excluding hydrogens is 240 g/mol. The maximum absolute atomic E-state index is 12.0. The average molecular weight is 262 g/mol. The summed E-state index contributed by atoms with van der Waals surface area (Å²) in [5.74, 6) is 0.106. The topological polar surface area (TPSA) is 89.3 Å². The minimum atomic E-state index is -2.94. The number of hydrogen-bond acceptors (Lipinski definition) is 4. The van der Waals surface area contributed by atoms with Crippen LogP contribution in [0.3, 0.4) is 0 Å². The van der Waals surface area contributed by atoms with Crippen molar-refractivity contribution in [1.82, 2.24) is 5.32 Å². The highest BCUT2D eigenvalue weighted by molar-refractivity contribution is 7.90. The zero-order chi connectivity index (χ0) is 12.9. The number of nitrogens with two attached hydrogens (primary N) is 1. The molecule has 1 aliphatic carbocycles. The zero-order valence-corrected chi connectivity index (χ0v) is 11.2. The van der Waals surface area contributed by atoms with Crippen LogP contribution in [0.5, 0.6) is 0 Å². The Morgan fingerprint density at radius 2 is 1.94 bits per heavy atom.